The zero-order valence-corrected chi connectivity index (χ0v) is 16.2. The lowest BCUT2D eigenvalue weighted by molar-refractivity contribution is 0.101. The Balaban J connectivity index is 1.43. The quantitative estimate of drug-likeness (QED) is 0.505. The number of halogens is 2. The van der Waals surface area contributed by atoms with E-state index in [1.165, 1.54) is 12.1 Å². The van der Waals surface area contributed by atoms with Gasteiger partial charge in [-0.2, -0.15) is 5.10 Å². The zero-order valence-electron chi connectivity index (χ0n) is 15.4. The van der Waals surface area contributed by atoms with Crippen molar-refractivity contribution in [3.8, 4) is 11.3 Å². The first-order valence-corrected chi connectivity index (χ1v) is 9.18. The van der Waals surface area contributed by atoms with Gasteiger partial charge in [-0.15, -0.1) is 0 Å². The summed E-state index contributed by atoms with van der Waals surface area (Å²) >= 11 is 6.04. The van der Waals surface area contributed by atoms with Gasteiger partial charge in [0.05, 0.1) is 6.54 Å². The van der Waals surface area contributed by atoms with E-state index < -0.39 is 11.7 Å². The number of hydrogen-bond donors (Lipinski definition) is 1. The zero-order chi connectivity index (χ0) is 20.4. The highest BCUT2D eigenvalue weighted by molar-refractivity contribution is 6.31. The number of aromatic nitrogens is 3. The van der Waals surface area contributed by atoms with E-state index in [0.29, 0.717) is 28.7 Å². The molecule has 0 fully saturated rings. The van der Waals surface area contributed by atoms with Crippen molar-refractivity contribution in [1.29, 1.82) is 0 Å². The van der Waals surface area contributed by atoms with Crippen LogP contribution in [-0.2, 0) is 6.54 Å². The van der Waals surface area contributed by atoms with Crippen molar-refractivity contribution in [2.45, 2.75) is 13.5 Å². The van der Waals surface area contributed by atoms with E-state index in [9.17, 15) is 9.18 Å². The highest BCUT2D eigenvalue weighted by Crippen LogP contribution is 2.22. The lowest BCUT2D eigenvalue weighted by atomic mass is 10.1. The Morgan fingerprint density at radius 3 is 2.72 bits per heavy atom. The minimum atomic E-state index is -0.433. The van der Waals surface area contributed by atoms with Gasteiger partial charge in [0, 0.05) is 28.9 Å². The number of aryl methyl sites for hydroxylation is 1. The normalized spacial score (nSPS) is 10.9. The molecule has 29 heavy (non-hydrogen) atoms. The van der Waals surface area contributed by atoms with Crippen molar-refractivity contribution >= 4 is 23.3 Å². The van der Waals surface area contributed by atoms with E-state index in [1.54, 1.807) is 29.1 Å². The van der Waals surface area contributed by atoms with Gasteiger partial charge in [0.15, 0.2) is 17.3 Å². The predicted octanol–water partition coefficient (Wildman–Crippen LogP) is 4.94. The smallest absolute Gasteiger partial charge is 0.279 e. The van der Waals surface area contributed by atoms with Gasteiger partial charge in [-0.1, -0.05) is 52.7 Å². The van der Waals surface area contributed by atoms with Crippen LogP contribution >= 0.6 is 11.6 Å². The summed E-state index contributed by atoms with van der Waals surface area (Å²) in [5.41, 5.74) is 2.83. The summed E-state index contributed by atoms with van der Waals surface area (Å²) in [5.74, 6) is 0.0294. The SMILES string of the molecule is Cc1ccc(-c2cc(C(=O)Nc3ccn(Cc4ccc(F)cc4Cl)n3)no2)cc1. The van der Waals surface area contributed by atoms with Gasteiger partial charge < -0.3 is 9.84 Å². The number of carbonyl (C=O) groups is 1. The second-order valence-corrected chi connectivity index (χ2v) is 6.94. The third-order valence-corrected chi connectivity index (χ3v) is 4.66. The van der Waals surface area contributed by atoms with Gasteiger partial charge in [0.25, 0.3) is 5.91 Å². The van der Waals surface area contributed by atoms with Gasteiger partial charge >= 0.3 is 0 Å². The first kappa shape index (κ1) is 18.9. The van der Waals surface area contributed by atoms with Crippen molar-refractivity contribution in [1.82, 2.24) is 14.9 Å². The molecule has 0 radical (unpaired) electrons. The fraction of sp³-hybridized carbons (Fsp3) is 0.0952. The van der Waals surface area contributed by atoms with Gasteiger partial charge in [-0.05, 0) is 24.6 Å². The molecule has 1 N–H and O–H groups in total. The van der Waals surface area contributed by atoms with Crippen LogP contribution in [-0.4, -0.2) is 20.8 Å². The van der Waals surface area contributed by atoms with Crippen molar-refractivity contribution in [2.75, 3.05) is 5.32 Å². The number of amides is 1. The lowest BCUT2D eigenvalue weighted by Crippen LogP contribution is -2.13. The maximum Gasteiger partial charge on any atom is 0.279 e. The molecule has 0 spiro atoms. The molecule has 8 heteroatoms. The van der Waals surface area contributed by atoms with Crippen LogP contribution in [0.2, 0.25) is 5.02 Å². The average Bonchev–Trinajstić information content (AvgIpc) is 3.34. The second-order valence-electron chi connectivity index (χ2n) is 6.53. The summed E-state index contributed by atoms with van der Waals surface area (Å²) in [7, 11) is 0. The Bertz CT molecular complexity index is 1170. The Labute approximate surface area is 170 Å². The Hall–Kier alpha value is -3.45. The Morgan fingerprint density at radius 2 is 1.97 bits per heavy atom. The highest BCUT2D eigenvalue weighted by Gasteiger charge is 2.15. The van der Waals surface area contributed by atoms with Gasteiger partial charge in [-0.25, -0.2) is 4.39 Å². The minimum absolute atomic E-state index is 0.150. The molecule has 0 aliphatic heterocycles. The third-order valence-electron chi connectivity index (χ3n) is 4.31. The molecular formula is C21H16ClFN4O2. The molecule has 0 atom stereocenters. The molecule has 0 aliphatic rings. The minimum Gasteiger partial charge on any atom is -0.355 e. The van der Waals surface area contributed by atoms with Crippen LogP contribution in [0.15, 0.2) is 65.3 Å². The molecule has 146 valence electrons. The van der Waals surface area contributed by atoms with Crippen LogP contribution in [0.25, 0.3) is 11.3 Å². The van der Waals surface area contributed by atoms with Crippen molar-refractivity contribution in [2.24, 2.45) is 0 Å². The monoisotopic (exact) mass is 410 g/mol. The molecule has 0 aliphatic carbocycles. The molecular weight excluding hydrogens is 395 g/mol. The van der Waals surface area contributed by atoms with E-state index >= 15 is 0 Å². The first-order valence-electron chi connectivity index (χ1n) is 8.80. The van der Waals surface area contributed by atoms with E-state index in [0.717, 1.165) is 11.1 Å². The van der Waals surface area contributed by atoms with Crippen LogP contribution in [0.5, 0.6) is 0 Å². The molecule has 2 aromatic carbocycles. The number of carbonyl (C=O) groups excluding carboxylic acids is 1. The van der Waals surface area contributed by atoms with Gasteiger partial charge in [0.1, 0.15) is 5.82 Å². The molecule has 1 amide bonds. The molecule has 0 saturated heterocycles. The third kappa shape index (κ3) is 4.35. The summed E-state index contributed by atoms with van der Waals surface area (Å²) in [4.78, 5) is 12.4. The average molecular weight is 411 g/mol. The van der Waals surface area contributed by atoms with E-state index in [-0.39, 0.29) is 5.69 Å². The van der Waals surface area contributed by atoms with E-state index in [1.807, 2.05) is 31.2 Å². The summed E-state index contributed by atoms with van der Waals surface area (Å²) in [6.07, 6.45) is 1.69. The van der Waals surface area contributed by atoms with Crippen LogP contribution in [0, 0.1) is 12.7 Å². The standard InChI is InChI=1S/C21H16ClFN4O2/c1-13-2-4-14(5-3-13)19-11-18(26-29-19)21(28)24-20-8-9-27(25-20)12-15-6-7-16(23)10-17(15)22/h2-11H,12H2,1H3,(H,24,25,28). The lowest BCUT2D eigenvalue weighted by Gasteiger charge is -2.04. The largest absolute Gasteiger partial charge is 0.355 e. The topological polar surface area (TPSA) is 73.0 Å². The Kier molecular flexibility index (Phi) is 5.14. The molecule has 2 aromatic heterocycles. The number of benzene rings is 2. The molecule has 0 saturated carbocycles. The van der Waals surface area contributed by atoms with Gasteiger partial charge in [-0.3, -0.25) is 9.48 Å². The van der Waals surface area contributed by atoms with Crippen LogP contribution in [0.1, 0.15) is 21.6 Å². The highest BCUT2D eigenvalue weighted by atomic mass is 35.5. The summed E-state index contributed by atoms with van der Waals surface area (Å²) in [5, 5.41) is 11.1. The van der Waals surface area contributed by atoms with Crippen LogP contribution in [0.4, 0.5) is 10.2 Å². The van der Waals surface area contributed by atoms with Crippen molar-refractivity contribution in [3.63, 3.8) is 0 Å². The van der Waals surface area contributed by atoms with E-state index in [4.69, 9.17) is 16.1 Å². The number of nitrogens with zero attached hydrogens (tertiary/aromatic N) is 3. The predicted molar refractivity (Wildman–Crippen MR) is 107 cm³/mol. The maximum absolute atomic E-state index is 13.2. The van der Waals surface area contributed by atoms with Crippen molar-refractivity contribution in [3.05, 3.63) is 88.5 Å². The fourth-order valence-corrected chi connectivity index (χ4v) is 2.98. The number of anilines is 1. The number of hydrogen-bond acceptors (Lipinski definition) is 4. The first-order chi connectivity index (χ1) is 14.0. The van der Waals surface area contributed by atoms with Crippen LogP contribution in [0.3, 0.4) is 0 Å². The number of rotatable bonds is 5. The van der Waals surface area contributed by atoms with Crippen LogP contribution < -0.4 is 5.32 Å². The summed E-state index contributed by atoms with van der Waals surface area (Å²) in [6, 6.07) is 15.1. The fourth-order valence-electron chi connectivity index (χ4n) is 2.76. The molecule has 0 bridgehead atoms. The van der Waals surface area contributed by atoms with Crippen molar-refractivity contribution < 1.29 is 13.7 Å². The maximum atomic E-state index is 13.2. The Morgan fingerprint density at radius 1 is 1.17 bits per heavy atom. The number of nitrogens with one attached hydrogen (secondary N) is 1. The molecule has 4 aromatic rings. The van der Waals surface area contributed by atoms with Gasteiger partial charge in [0.2, 0.25) is 0 Å². The molecule has 0 unspecified atom stereocenters. The molecule has 4 rings (SSSR count). The van der Waals surface area contributed by atoms with E-state index in [2.05, 4.69) is 15.6 Å². The molecule has 2 heterocycles. The summed E-state index contributed by atoms with van der Waals surface area (Å²) in [6.45, 7) is 2.34. The second kappa shape index (κ2) is 7.89. The summed E-state index contributed by atoms with van der Waals surface area (Å²) < 4.78 is 20.0. The molecule has 6 nitrogen and oxygen atoms in total.